The third kappa shape index (κ3) is 13.2. The van der Waals surface area contributed by atoms with Crippen molar-refractivity contribution >= 4 is 64.2 Å². The molecule has 0 aliphatic carbocycles. The lowest BCUT2D eigenvalue weighted by Gasteiger charge is -2.50. The van der Waals surface area contributed by atoms with E-state index >= 15 is 0 Å². The number of carbonyl (C=O) groups excluding carboxylic acids is 2. The standard InChI is InChI=1S/C35H39ClN7O5P.C33H34N6O4/c1-24(2)32(44)39-34-38-31-30(33(45)40-34)37-23-43(31)29-21-42(20-28(48-29)22-47-49(36,46)41(3)4)35(25-14-8-5-9-15-25,26-16-10-6-11-17-26)27-18-12-7-13-19-27;1-22(2)30(41)36-32-35-29-28(31(42)37-32)34-21-39(29)27-19-38(18-26(20-40)43-27)33(23-12-6-3-7-13-23,24-14-8-4-9-15-24)25-16-10-5-11-17-25/h5-19,23-24,28-29H,20-22H2,1-4H3,(H2,38,39,40,44,45);3-17,21-22,26-27,40H,18-20H2,1-2H3,(H2,35,36,37,41,42)/t28-,29+,49?;26-,27+/m00/s1. The van der Waals surface area contributed by atoms with E-state index in [2.05, 4.69) is 123 Å². The molecule has 476 valence electrons. The summed E-state index contributed by atoms with van der Waals surface area (Å²) in [6.07, 6.45) is 0.441. The number of aromatic amines is 2. The number of hydrogen-bond acceptors (Lipinski definition) is 15. The van der Waals surface area contributed by atoms with Crippen molar-refractivity contribution in [3.63, 3.8) is 0 Å². The zero-order chi connectivity index (χ0) is 64.7. The second kappa shape index (κ2) is 28.0. The highest BCUT2D eigenvalue weighted by Gasteiger charge is 2.49. The van der Waals surface area contributed by atoms with Crippen LogP contribution in [0.4, 0.5) is 11.9 Å². The number of morpholine rings is 2. The first kappa shape index (κ1) is 64.7. The Morgan fingerprint density at radius 2 is 0.891 bits per heavy atom. The summed E-state index contributed by atoms with van der Waals surface area (Å²) >= 11 is 6.31. The molecule has 2 fully saturated rings. The lowest BCUT2D eigenvalue weighted by atomic mass is 9.75. The molecule has 10 aromatic rings. The molecule has 12 rings (SSSR count). The van der Waals surface area contributed by atoms with Crippen molar-refractivity contribution in [3.05, 3.63) is 249 Å². The van der Waals surface area contributed by atoms with Crippen LogP contribution < -0.4 is 21.8 Å². The number of carbonyl (C=O) groups is 2. The van der Waals surface area contributed by atoms with E-state index in [1.165, 1.54) is 17.3 Å². The largest absolute Gasteiger partial charge is 0.394 e. The molecule has 0 bridgehead atoms. The maximum Gasteiger partial charge on any atom is 0.362 e. The second-order valence-corrected chi connectivity index (χ2v) is 26.6. The fraction of sp³-hybridized carbons (Fsp3) is 0.294. The molecule has 6 aromatic carbocycles. The molecule has 22 nitrogen and oxygen atoms in total. The minimum atomic E-state index is -3.63. The summed E-state index contributed by atoms with van der Waals surface area (Å²) in [5, 5.41) is 15.8. The van der Waals surface area contributed by atoms with Crippen molar-refractivity contribution in [2.24, 2.45) is 11.8 Å². The number of hydrogen-bond donors (Lipinski definition) is 5. The summed E-state index contributed by atoms with van der Waals surface area (Å²) < 4.78 is 36.7. The molecule has 5 atom stereocenters. The number of ether oxygens (including phenoxy) is 2. The van der Waals surface area contributed by atoms with Gasteiger partial charge in [-0.25, -0.2) is 14.6 Å². The zero-order valence-electron chi connectivity index (χ0n) is 51.7. The highest BCUT2D eigenvalue weighted by atomic mass is 35.7. The van der Waals surface area contributed by atoms with Crippen molar-refractivity contribution in [3.8, 4) is 0 Å². The van der Waals surface area contributed by atoms with Gasteiger partial charge in [0.25, 0.3) is 11.1 Å². The molecule has 24 heteroatoms. The zero-order valence-corrected chi connectivity index (χ0v) is 53.4. The van der Waals surface area contributed by atoms with Crippen molar-refractivity contribution in [1.82, 2.24) is 53.5 Å². The molecular weight excluding hydrogens is 1210 g/mol. The number of rotatable bonds is 19. The van der Waals surface area contributed by atoms with Crippen LogP contribution in [-0.2, 0) is 39.2 Å². The molecule has 1 unspecified atom stereocenters. The number of aliphatic hydroxyl groups is 1. The maximum absolute atomic E-state index is 13.1. The molecule has 0 saturated carbocycles. The van der Waals surface area contributed by atoms with E-state index in [-0.39, 0.29) is 71.1 Å². The Kier molecular flexibility index (Phi) is 19.7. The van der Waals surface area contributed by atoms with Gasteiger partial charge in [0.05, 0.1) is 49.2 Å². The topological polar surface area (TPSA) is 260 Å². The third-order valence-electron chi connectivity index (χ3n) is 16.5. The van der Waals surface area contributed by atoms with Gasteiger partial charge < -0.3 is 19.1 Å². The summed E-state index contributed by atoms with van der Waals surface area (Å²) in [4.78, 5) is 78.7. The first-order valence-electron chi connectivity index (χ1n) is 30.3. The van der Waals surface area contributed by atoms with E-state index in [0.717, 1.165) is 33.4 Å². The van der Waals surface area contributed by atoms with Gasteiger partial charge in [-0.3, -0.25) is 63.3 Å². The van der Waals surface area contributed by atoms with Gasteiger partial charge >= 0.3 is 6.87 Å². The van der Waals surface area contributed by atoms with Crippen LogP contribution in [0.15, 0.2) is 204 Å². The van der Waals surface area contributed by atoms with Crippen LogP contribution in [0.5, 0.6) is 0 Å². The third-order valence-corrected chi connectivity index (χ3v) is 19.1. The van der Waals surface area contributed by atoms with Gasteiger partial charge in [0.1, 0.15) is 12.5 Å². The van der Waals surface area contributed by atoms with Crippen LogP contribution in [0.1, 0.15) is 73.5 Å². The molecule has 2 aliphatic rings. The van der Waals surface area contributed by atoms with Crippen molar-refractivity contribution < 1.29 is 33.3 Å². The van der Waals surface area contributed by atoms with Crippen molar-refractivity contribution in [1.29, 1.82) is 0 Å². The van der Waals surface area contributed by atoms with E-state index in [4.69, 9.17) is 25.2 Å². The molecule has 2 saturated heterocycles. The van der Waals surface area contributed by atoms with Crippen molar-refractivity contribution in [2.75, 3.05) is 64.1 Å². The minimum Gasteiger partial charge on any atom is -0.394 e. The van der Waals surface area contributed by atoms with Crippen LogP contribution in [0.3, 0.4) is 0 Å². The average molecular weight is 1280 g/mol. The number of anilines is 2. The molecule has 0 radical (unpaired) electrons. The minimum absolute atomic E-state index is 0.00626. The number of nitrogens with zero attached hydrogens (tertiary/aromatic N) is 9. The normalized spacial score (nSPS) is 18.2. The van der Waals surface area contributed by atoms with E-state index in [9.17, 15) is 28.8 Å². The Hall–Kier alpha value is -8.80. The molecule has 6 heterocycles. The summed E-state index contributed by atoms with van der Waals surface area (Å²) in [5.74, 6) is -1.15. The van der Waals surface area contributed by atoms with Crippen molar-refractivity contribution in [2.45, 2.75) is 63.4 Å². The van der Waals surface area contributed by atoms with Gasteiger partial charge in [-0.05, 0) is 58.7 Å². The Morgan fingerprint density at radius 3 is 1.20 bits per heavy atom. The van der Waals surface area contributed by atoms with Gasteiger partial charge in [0.2, 0.25) is 23.7 Å². The monoisotopic (exact) mass is 1280 g/mol. The van der Waals surface area contributed by atoms with E-state index in [1.807, 2.05) is 109 Å². The van der Waals surface area contributed by atoms with Crippen LogP contribution >= 0.6 is 18.1 Å². The van der Waals surface area contributed by atoms with Gasteiger partial charge in [-0.15, -0.1) is 0 Å². The Morgan fingerprint density at radius 1 is 0.576 bits per heavy atom. The summed E-state index contributed by atoms with van der Waals surface area (Å²) in [7, 11) is 3.18. The quantitative estimate of drug-likeness (QED) is 0.0373. The molecule has 2 aliphatic heterocycles. The lowest BCUT2D eigenvalue weighted by Crippen LogP contribution is -2.57. The number of halogens is 1. The molecule has 5 N–H and O–H groups in total. The van der Waals surface area contributed by atoms with Crippen LogP contribution in [0.25, 0.3) is 22.3 Å². The smallest absolute Gasteiger partial charge is 0.362 e. The van der Waals surface area contributed by atoms with Gasteiger partial charge in [0.15, 0.2) is 22.3 Å². The van der Waals surface area contributed by atoms with E-state index < -0.39 is 53.7 Å². The van der Waals surface area contributed by atoms with Crippen LogP contribution in [0.2, 0.25) is 0 Å². The van der Waals surface area contributed by atoms with Crippen LogP contribution in [0, 0.1) is 11.8 Å². The SMILES string of the molecule is CC(C)C(=O)Nc1nc2c(ncn2[C@H]2CN(C(c3ccccc3)(c3ccccc3)c3ccccc3)C[C@@H](CO)O2)c(=O)[nH]1.CC(C)C(=O)Nc1nc2c(ncn2[C@H]2CN(C(c3ccccc3)(c3ccccc3)c3ccccc3)C[C@@H](COP(=O)(Cl)N(C)C)O2)c(=O)[nH]1. The second-order valence-electron chi connectivity index (χ2n) is 23.4. The highest BCUT2D eigenvalue weighted by Crippen LogP contribution is 2.54. The van der Waals surface area contributed by atoms with Gasteiger partial charge in [0, 0.05) is 38.0 Å². The Bertz CT molecular complexity index is 4120. The number of aromatic nitrogens is 8. The van der Waals surface area contributed by atoms with Crippen LogP contribution in [-0.4, -0.2) is 136 Å². The number of imidazole rings is 2. The fourth-order valence-electron chi connectivity index (χ4n) is 12.1. The highest BCUT2D eigenvalue weighted by molar-refractivity contribution is 7.83. The summed E-state index contributed by atoms with van der Waals surface area (Å²) in [6.45, 7) is 4.57. The Balaban J connectivity index is 0.000000190. The predicted molar refractivity (Wildman–Crippen MR) is 353 cm³/mol. The molecule has 0 spiro atoms. The molecule has 4 aromatic heterocycles. The average Bonchev–Trinajstić information content (AvgIpc) is 0.847. The molecular formula is C68H73ClN13O9P. The number of benzene rings is 6. The Labute approximate surface area is 536 Å². The summed E-state index contributed by atoms with van der Waals surface area (Å²) in [6, 6.07) is 61.6. The number of nitrogens with one attached hydrogen (secondary N) is 4. The fourth-order valence-corrected chi connectivity index (χ4v) is 12.8. The molecule has 92 heavy (non-hydrogen) atoms. The van der Waals surface area contributed by atoms with Gasteiger partial charge in [-0.2, -0.15) is 9.97 Å². The number of fused-ring (bicyclic) bond motifs is 2. The first-order chi connectivity index (χ1) is 44.4. The first-order valence-corrected chi connectivity index (χ1v) is 32.8. The maximum atomic E-state index is 13.1. The predicted octanol–water partition coefficient (Wildman–Crippen LogP) is 9.73. The molecule has 2 amide bonds. The summed E-state index contributed by atoms with van der Waals surface area (Å²) in [5.41, 5.74) is 4.44. The van der Waals surface area contributed by atoms with Gasteiger partial charge in [-0.1, -0.05) is 210 Å². The number of aliphatic hydroxyl groups excluding tert-OH is 1. The van der Waals surface area contributed by atoms with E-state index in [0.29, 0.717) is 26.2 Å². The van der Waals surface area contributed by atoms with E-state index in [1.54, 1.807) is 50.9 Å². The number of amides is 2. The number of H-pyrrole nitrogens is 2. The lowest BCUT2D eigenvalue weighted by molar-refractivity contribution is -0.148.